The fourth-order valence-corrected chi connectivity index (χ4v) is 1.41. The molecule has 0 spiro atoms. The topological polar surface area (TPSA) is 34.1 Å². The van der Waals surface area contributed by atoms with Crippen LogP contribution in [0.1, 0.15) is 19.8 Å². The zero-order chi connectivity index (χ0) is 9.14. The van der Waals surface area contributed by atoms with E-state index in [1.807, 2.05) is 0 Å². The summed E-state index contributed by atoms with van der Waals surface area (Å²) in [6, 6.07) is 0. The minimum atomic E-state index is -0.119. The Morgan fingerprint density at radius 1 is 1.83 bits per heavy atom. The maximum atomic E-state index is 11.2. The zero-order valence-corrected chi connectivity index (χ0v) is 7.17. The first-order chi connectivity index (χ1) is 5.65. The Balaban J connectivity index is 2.74. The summed E-state index contributed by atoms with van der Waals surface area (Å²) in [5.74, 6) is 0.0646. The minimum Gasteiger partial charge on any atom is -0.294 e. The summed E-state index contributed by atoms with van der Waals surface area (Å²) in [5, 5.41) is 0. The van der Waals surface area contributed by atoms with E-state index in [2.05, 4.69) is 6.58 Å². The average molecular weight is 164 g/mol. The molecule has 2 nitrogen and oxygen atoms in total. The molecule has 1 unspecified atom stereocenters. The molecule has 1 rings (SSSR count). The van der Waals surface area contributed by atoms with E-state index in [4.69, 9.17) is 0 Å². The van der Waals surface area contributed by atoms with Gasteiger partial charge in [-0.1, -0.05) is 12.2 Å². The first-order valence-electron chi connectivity index (χ1n) is 4.02. The highest BCUT2D eigenvalue weighted by Gasteiger charge is 2.25. The van der Waals surface area contributed by atoms with Crippen molar-refractivity contribution in [1.82, 2.24) is 0 Å². The quantitative estimate of drug-likeness (QED) is 0.469. The summed E-state index contributed by atoms with van der Waals surface area (Å²) in [4.78, 5) is 22.1. The molecule has 0 saturated heterocycles. The predicted molar refractivity (Wildman–Crippen MR) is 46.7 cm³/mol. The maximum absolute atomic E-state index is 11.2. The second-order valence-corrected chi connectivity index (χ2v) is 3.05. The van der Waals surface area contributed by atoms with E-state index in [9.17, 15) is 9.59 Å². The number of carbonyl (C=O) groups is 2. The lowest BCUT2D eigenvalue weighted by Gasteiger charge is -1.98. The summed E-state index contributed by atoms with van der Waals surface area (Å²) in [6.45, 7) is 5.02. The van der Waals surface area contributed by atoms with Crippen LogP contribution in [-0.2, 0) is 9.59 Å². The molecule has 0 aromatic rings. The summed E-state index contributed by atoms with van der Waals surface area (Å²) in [6.07, 6.45) is 4.80. The van der Waals surface area contributed by atoms with Gasteiger partial charge in [-0.25, -0.2) is 0 Å². The molecule has 0 heterocycles. The number of allylic oxidation sites excluding steroid dienone is 3. The molecule has 1 aliphatic carbocycles. The van der Waals surface area contributed by atoms with Gasteiger partial charge < -0.3 is 0 Å². The van der Waals surface area contributed by atoms with Crippen LogP contribution in [0.5, 0.6) is 0 Å². The van der Waals surface area contributed by atoms with Gasteiger partial charge in [0.25, 0.3) is 0 Å². The van der Waals surface area contributed by atoms with E-state index in [0.29, 0.717) is 12.0 Å². The van der Waals surface area contributed by atoms with Crippen molar-refractivity contribution in [1.29, 1.82) is 0 Å². The second kappa shape index (κ2) is 3.48. The molecule has 1 atom stereocenters. The van der Waals surface area contributed by atoms with Crippen molar-refractivity contribution in [3.8, 4) is 0 Å². The second-order valence-electron chi connectivity index (χ2n) is 3.05. The van der Waals surface area contributed by atoms with Crippen LogP contribution in [-0.4, -0.2) is 11.6 Å². The Hall–Kier alpha value is -1.18. The van der Waals surface area contributed by atoms with Crippen molar-refractivity contribution < 1.29 is 9.59 Å². The Labute approximate surface area is 72.0 Å². The van der Waals surface area contributed by atoms with Crippen LogP contribution in [0.3, 0.4) is 0 Å². The highest BCUT2D eigenvalue weighted by atomic mass is 16.1. The molecule has 0 fully saturated rings. The lowest BCUT2D eigenvalue weighted by Crippen LogP contribution is -2.04. The van der Waals surface area contributed by atoms with Gasteiger partial charge in [-0.05, 0) is 19.3 Å². The lowest BCUT2D eigenvalue weighted by molar-refractivity contribution is -0.120. The zero-order valence-electron chi connectivity index (χ0n) is 7.17. The van der Waals surface area contributed by atoms with Gasteiger partial charge in [0.15, 0.2) is 11.6 Å². The first-order valence-corrected chi connectivity index (χ1v) is 4.02. The number of ketones is 2. The normalized spacial score (nSPS) is 22.2. The Kier molecular flexibility index (Phi) is 2.58. The SMILES string of the molecule is C=CCC1C=C(C(C)=O)C(=O)C1. The van der Waals surface area contributed by atoms with Crippen LogP contribution in [0.25, 0.3) is 0 Å². The maximum Gasteiger partial charge on any atom is 0.166 e. The molecule has 0 aromatic heterocycles. The smallest absolute Gasteiger partial charge is 0.166 e. The molecule has 0 aliphatic heterocycles. The Morgan fingerprint density at radius 2 is 2.50 bits per heavy atom. The minimum absolute atomic E-state index is 0.0191. The van der Waals surface area contributed by atoms with Crippen LogP contribution in [0.4, 0.5) is 0 Å². The van der Waals surface area contributed by atoms with Crippen molar-refractivity contribution in [2.24, 2.45) is 5.92 Å². The van der Waals surface area contributed by atoms with Crippen LogP contribution < -0.4 is 0 Å². The van der Waals surface area contributed by atoms with Gasteiger partial charge in [-0.2, -0.15) is 0 Å². The third-order valence-corrected chi connectivity index (χ3v) is 2.00. The van der Waals surface area contributed by atoms with Gasteiger partial charge in [0.1, 0.15) is 0 Å². The van der Waals surface area contributed by atoms with Crippen molar-refractivity contribution in [2.75, 3.05) is 0 Å². The molecule has 0 N–H and O–H groups in total. The van der Waals surface area contributed by atoms with E-state index in [0.717, 1.165) is 6.42 Å². The Morgan fingerprint density at radius 3 is 2.92 bits per heavy atom. The molecule has 0 saturated carbocycles. The van der Waals surface area contributed by atoms with Gasteiger partial charge in [0.05, 0.1) is 5.57 Å². The van der Waals surface area contributed by atoms with Gasteiger partial charge in [-0.15, -0.1) is 6.58 Å². The number of Topliss-reactive ketones (excluding diaryl/α,β-unsaturated/α-hetero) is 2. The van der Waals surface area contributed by atoms with Crippen molar-refractivity contribution in [3.63, 3.8) is 0 Å². The van der Waals surface area contributed by atoms with Crippen molar-refractivity contribution in [2.45, 2.75) is 19.8 Å². The molecular formula is C10H12O2. The first kappa shape index (κ1) is 8.91. The molecule has 12 heavy (non-hydrogen) atoms. The largest absolute Gasteiger partial charge is 0.294 e. The molecule has 1 aliphatic rings. The van der Waals surface area contributed by atoms with Crippen LogP contribution in [0.15, 0.2) is 24.3 Å². The van der Waals surface area contributed by atoms with Crippen molar-refractivity contribution >= 4 is 11.6 Å². The monoisotopic (exact) mass is 164 g/mol. The molecule has 0 amide bonds. The van der Waals surface area contributed by atoms with Gasteiger partial charge in [0.2, 0.25) is 0 Å². The van der Waals surface area contributed by atoms with E-state index >= 15 is 0 Å². The van der Waals surface area contributed by atoms with E-state index in [1.54, 1.807) is 12.2 Å². The standard InChI is InChI=1S/C10H12O2/c1-3-4-8-5-9(7(2)11)10(12)6-8/h3,5,8H,1,4,6H2,2H3. The highest BCUT2D eigenvalue weighted by Crippen LogP contribution is 2.24. The number of carbonyl (C=O) groups excluding carboxylic acids is 2. The third kappa shape index (κ3) is 1.70. The fraction of sp³-hybridized carbons (Fsp3) is 0.400. The fourth-order valence-electron chi connectivity index (χ4n) is 1.41. The summed E-state index contributed by atoms with van der Waals surface area (Å²) >= 11 is 0. The average Bonchev–Trinajstić information content (AvgIpc) is 2.32. The lowest BCUT2D eigenvalue weighted by atomic mass is 10.1. The molecule has 0 bridgehead atoms. The van der Waals surface area contributed by atoms with Gasteiger partial charge in [0, 0.05) is 6.42 Å². The summed E-state index contributed by atoms with van der Waals surface area (Å²) < 4.78 is 0. The molecule has 0 aromatic carbocycles. The van der Waals surface area contributed by atoms with E-state index in [-0.39, 0.29) is 17.5 Å². The summed E-state index contributed by atoms with van der Waals surface area (Å²) in [7, 11) is 0. The van der Waals surface area contributed by atoms with Gasteiger partial charge >= 0.3 is 0 Å². The van der Waals surface area contributed by atoms with Crippen LogP contribution in [0.2, 0.25) is 0 Å². The molecule has 0 radical (unpaired) electrons. The number of rotatable bonds is 3. The highest BCUT2D eigenvalue weighted by molar-refractivity contribution is 6.20. The molecular weight excluding hydrogens is 152 g/mol. The molecule has 2 heteroatoms. The Bertz CT molecular complexity index is 261. The predicted octanol–water partition coefficient (Wildman–Crippen LogP) is 1.67. The third-order valence-electron chi connectivity index (χ3n) is 2.00. The van der Waals surface area contributed by atoms with E-state index < -0.39 is 0 Å². The van der Waals surface area contributed by atoms with Crippen LogP contribution in [0, 0.1) is 5.92 Å². The molecule has 64 valence electrons. The summed E-state index contributed by atoms with van der Waals surface area (Å²) in [5.41, 5.74) is 0.377. The van der Waals surface area contributed by atoms with E-state index in [1.165, 1.54) is 6.92 Å². The van der Waals surface area contributed by atoms with Crippen LogP contribution >= 0.6 is 0 Å². The van der Waals surface area contributed by atoms with Crippen molar-refractivity contribution in [3.05, 3.63) is 24.3 Å². The number of hydrogen-bond acceptors (Lipinski definition) is 2. The van der Waals surface area contributed by atoms with Gasteiger partial charge in [-0.3, -0.25) is 9.59 Å². The number of hydrogen-bond donors (Lipinski definition) is 0.